The molecule has 0 saturated carbocycles. The smallest absolute Gasteiger partial charge is 0.449 e. The molecule has 0 radical (unpaired) electrons. The molecule has 0 unspecified atom stereocenters. The fourth-order valence-corrected chi connectivity index (χ4v) is 4.92. The van der Waals surface area contributed by atoms with Gasteiger partial charge in [-0.15, -0.1) is 0 Å². The number of furan rings is 1. The molecule has 29 heavy (non-hydrogen) atoms. The van der Waals surface area contributed by atoms with Crippen molar-refractivity contribution in [3.05, 3.63) is 53.1 Å². The molecular formula is C22H21ClN2O4. The van der Waals surface area contributed by atoms with Gasteiger partial charge >= 0.3 is 6.16 Å². The predicted molar refractivity (Wildman–Crippen MR) is 113 cm³/mol. The first kappa shape index (κ1) is 18.2. The molecule has 150 valence electrons. The lowest BCUT2D eigenvalue weighted by molar-refractivity contribution is 0.134. The number of piperidine rings is 1. The second-order valence-corrected chi connectivity index (χ2v) is 7.91. The summed E-state index contributed by atoms with van der Waals surface area (Å²) < 4.78 is 10.0. The zero-order chi connectivity index (χ0) is 20.0. The van der Waals surface area contributed by atoms with Gasteiger partial charge in [0, 0.05) is 42.8 Å². The van der Waals surface area contributed by atoms with E-state index in [0.29, 0.717) is 22.0 Å². The molecule has 0 aliphatic carbocycles. The molecule has 0 spiro atoms. The van der Waals surface area contributed by atoms with Crippen LogP contribution in [0.5, 0.6) is 5.95 Å². The summed E-state index contributed by atoms with van der Waals surface area (Å²) >= 11 is 6.64. The minimum absolute atomic E-state index is 0.0713. The van der Waals surface area contributed by atoms with E-state index in [1.807, 2.05) is 12.1 Å². The minimum Gasteiger partial charge on any atom is -0.449 e. The van der Waals surface area contributed by atoms with E-state index in [2.05, 4.69) is 38.8 Å². The second kappa shape index (κ2) is 7.19. The van der Waals surface area contributed by atoms with Crippen molar-refractivity contribution in [2.24, 2.45) is 0 Å². The number of benzene rings is 2. The van der Waals surface area contributed by atoms with Crippen LogP contribution in [0.1, 0.15) is 18.4 Å². The summed E-state index contributed by atoms with van der Waals surface area (Å²) in [5.41, 5.74) is 4.29. The van der Waals surface area contributed by atoms with Gasteiger partial charge < -0.3 is 24.1 Å². The van der Waals surface area contributed by atoms with E-state index in [9.17, 15) is 4.79 Å². The maximum absolute atomic E-state index is 10.7. The Morgan fingerprint density at radius 2 is 1.90 bits per heavy atom. The molecule has 1 N–H and O–H groups in total. The third-order valence-electron chi connectivity index (χ3n) is 5.95. The van der Waals surface area contributed by atoms with Crippen molar-refractivity contribution in [1.29, 1.82) is 0 Å². The van der Waals surface area contributed by atoms with Gasteiger partial charge in [-0.05, 0) is 43.0 Å². The second-order valence-electron chi connectivity index (χ2n) is 7.53. The number of fused-ring (bicyclic) bond motifs is 2. The molecular weight excluding hydrogens is 392 g/mol. The molecule has 0 bridgehead atoms. The van der Waals surface area contributed by atoms with Crippen LogP contribution in [-0.2, 0) is 6.42 Å². The number of hydrogen-bond acceptors (Lipinski definition) is 5. The molecule has 1 saturated heterocycles. The number of rotatable bonds is 3. The highest BCUT2D eigenvalue weighted by Gasteiger charge is 2.30. The molecule has 2 aliphatic rings. The zero-order valence-corrected chi connectivity index (χ0v) is 16.6. The van der Waals surface area contributed by atoms with Gasteiger partial charge in [-0.1, -0.05) is 29.8 Å². The quantitative estimate of drug-likeness (QED) is 0.598. The number of carboxylic acid groups (broad SMARTS) is 1. The van der Waals surface area contributed by atoms with E-state index in [-0.39, 0.29) is 5.95 Å². The summed E-state index contributed by atoms with van der Waals surface area (Å²) in [4.78, 5) is 15.6. The predicted octanol–water partition coefficient (Wildman–Crippen LogP) is 5.17. The summed E-state index contributed by atoms with van der Waals surface area (Å²) in [6.45, 7) is 2.94. The van der Waals surface area contributed by atoms with Gasteiger partial charge in [-0.3, -0.25) is 0 Å². The van der Waals surface area contributed by atoms with Gasteiger partial charge in [0.05, 0.1) is 10.7 Å². The van der Waals surface area contributed by atoms with Crippen molar-refractivity contribution >= 4 is 40.1 Å². The van der Waals surface area contributed by atoms with Crippen molar-refractivity contribution in [3.63, 3.8) is 0 Å². The van der Waals surface area contributed by atoms with Gasteiger partial charge in [0.1, 0.15) is 5.58 Å². The van der Waals surface area contributed by atoms with Crippen LogP contribution >= 0.6 is 11.6 Å². The first-order valence-corrected chi connectivity index (χ1v) is 10.2. The number of halogens is 1. The van der Waals surface area contributed by atoms with Crippen LogP contribution in [0, 0.1) is 0 Å². The van der Waals surface area contributed by atoms with Crippen molar-refractivity contribution in [2.45, 2.75) is 25.3 Å². The van der Waals surface area contributed by atoms with E-state index >= 15 is 0 Å². The van der Waals surface area contributed by atoms with Crippen LogP contribution in [0.4, 0.5) is 16.2 Å². The molecule has 2 aliphatic heterocycles. The minimum atomic E-state index is -1.41. The van der Waals surface area contributed by atoms with Gasteiger partial charge in [-0.25, -0.2) is 4.79 Å². The standard InChI is InChI=1S/C22H21ClN2O4/c23-21-16-13-20(29-22(26)27)28-19(16)6-5-18(21)24-10-8-15(9-11-24)25-12-7-14-3-1-2-4-17(14)25/h1-6,13,15H,7-12H2,(H,26,27). The van der Waals surface area contributed by atoms with Crippen LogP contribution in [0.2, 0.25) is 5.02 Å². The third kappa shape index (κ3) is 3.27. The molecule has 0 atom stereocenters. The number of para-hydroxylation sites is 1. The Morgan fingerprint density at radius 1 is 1.10 bits per heavy atom. The van der Waals surface area contributed by atoms with Gasteiger partial charge in [0.15, 0.2) is 0 Å². The van der Waals surface area contributed by atoms with Crippen LogP contribution < -0.4 is 14.5 Å². The normalized spacial score (nSPS) is 17.0. The van der Waals surface area contributed by atoms with E-state index in [1.54, 1.807) is 0 Å². The first-order valence-electron chi connectivity index (χ1n) is 9.82. The third-order valence-corrected chi connectivity index (χ3v) is 6.35. The van der Waals surface area contributed by atoms with Gasteiger partial charge in [0.25, 0.3) is 5.95 Å². The Labute approximate surface area is 173 Å². The lowest BCUT2D eigenvalue weighted by Crippen LogP contribution is -2.44. The average Bonchev–Trinajstić information content (AvgIpc) is 3.32. The molecule has 5 rings (SSSR count). The van der Waals surface area contributed by atoms with Crippen LogP contribution in [0.15, 0.2) is 46.9 Å². The molecule has 6 nitrogen and oxygen atoms in total. The highest BCUT2D eigenvalue weighted by atomic mass is 35.5. The largest absolute Gasteiger partial charge is 0.513 e. The fourth-order valence-electron chi connectivity index (χ4n) is 4.58. The summed E-state index contributed by atoms with van der Waals surface area (Å²) in [7, 11) is 0. The Hall–Kier alpha value is -2.86. The number of hydrogen-bond donors (Lipinski definition) is 1. The highest BCUT2D eigenvalue weighted by molar-refractivity contribution is 6.38. The Morgan fingerprint density at radius 3 is 2.69 bits per heavy atom. The highest BCUT2D eigenvalue weighted by Crippen LogP contribution is 2.39. The van der Waals surface area contributed by atoms with Crippen LogP contribution in [0.25, 0.3) is 11.0 Å². The fraction of sp³-hybridized carbons (Fsp3) is 0.318. The van der Waals surface area contributed by atoms with E-state index in [0.717, 1.165) is 44.6 Å². The topological polar surface area (TPSA) is 66.2 Å². The van der Waals surface area contributed by atoms with Crippen LogP contribution in [0.3, 0.4) is 0 Å². The summed E-state index contributed by atoms with van der Waals surface area (Å²) in [5.74, 6) is -0.0713. The molecule has 3 aromatic rings. The van der Waals surface area contributed by atoms with Crippen molar-refractivity contribution in [2.75, 3.05) is 29.4 Å². The maximum atomic E-state index is 10.7. The lowest BCUT2D eigenvalue weighted by Gasteiger charge is -2.39. The number of carbonyl (C=O) groups is 1. The Kier molecular flexibility index (Phi) is 4.51. The molecule has 1 aromatic heterocycles. The SMILES string of the molecule is O=C(O)Oc1cc2c(Cl)c(N3CCC(N4CCc5ccccc54)CC3)ccc2o1. The van der Waals surface area contributed by atoms with E-state index < -0.39 is 6.16 Å². The van der Waals surface area contributed by atoms with Gasteiger partial charge in [-0.2, -0.15) is 0 Å². The summed E-state index contributed by atoms with van der Waals surface area (Å²) in [6, 6.07) is 14.5. The summed E-state index contributed by atoms with van der Waals surface area (Å²) in [6.07, 6.45) is 1.86. The summed E-state index contributed by atoms with van der Waals surface area (Å²) in [5, 5.41) is 10.00. The van der Waals surface area contributed by atoms with Gasteiger partial charge in [0.2, 0.25) is 0 Å². The monoisotopic (exact) mass is 412 g/mol. The van der Waals surface area contributed by atoms with Crippen molar-refractivity contribution in [1.82, 2.24) is 0 Å². The van der Waals surface area contributed by atoms with E-state index in [1.165, 1.54) is 17.3 Å². The molecule has 7 heteroatoms. The Balaban J connectivity index is 1.32. The number of ether oxygens (including phenoxy) is 1. The maximum Gasteiger partial charge on any atom is 0.513 e. The molecule has 3 heterocycles. The van der Waals surface area contributed by atoms with E-state index in [4.69, 9.17) is 21.1 Å². The first-order chi connectivity index (χ1) is 14.1. The molecule has 2 aromatic carbocycles. The number of nitrogens with zero attached hydrogens (tertiary/aromatic N) is 2. The lowest BCUT2D eigenvalue weighted by atomic mass is 10.0. The number of anilines is 2. The average molecular weight is 413 g/mol. The molecule has 1 fully saturated rings. The molecule has 0 amide bonds. The van der Waals surface area contributed by atoms with Crippen LogP contribution in [-0.4, -0.2) is 36.9 Å². The Bertz CT molecular complexity index is 1070. The van der Waals surface area contributed by atoms with Crippen molar-refractivity contribution in [3.8, 4) is 5.95 Å². The van der Waals surface area contributed by atoms with Crippen molar-refractivity contribution < 1.29 is 19.1 Å². The zero-order valence-electron chi connectivity index (χ0n) is 15.8.